The number of amides is 2. The average Bonchev–Trinajstić information content (AvgIpc) is 3.50. The molecule has 0 aromatic heterocycles. The summed E-state index contributed by atoms with van der Waals surface area (Å²) < 4.78 is 10.9. The predicted octanol–water partition coefficient (Wildman–Crippen LogP) is 4.42. The van der Waals surface area contributed by atoms with Crippen molar-refractivity contribution in [1.82, 2.24) is 5.32 Å². The lowest BCUT2D eigenvalue weighted by atomic mass is 9.94. The van der Waals surface area contributed by atoms with Crippen LogP contribution in [0.5, 0.6) is 11.5 Å². The molecule has 1 heterocycles. The summed E-state index contributed by atoms with van der Waals surface area (Å²) in [5, 5.41) is 5.74. The molecule has 162 valence electrons. The molecule has 1 aliphatic heterocycles. The van der Waals surface area contributed by atoms with Crippen molar-refractivity contribution in [3.05, 3.63) is 77.4 Å². The third kappa shape index (κ3) is 3.47. The lowest BCUT2D eigenvalue weighted by Gasteiger charge is -2.17. The average molecular weight is 428 g/mol. The van der Waals surface area contributed by atoms with Crippen LogP contribution in [0.1, 0.15) is 34.3 Å². The van der Waals surface area contributed by atoms with Gasteiger partial charge in [0.15, 0.2) is 11.5 Å². The van der Waals surface area contributed by atoms with Crippen LogP contribution >= 0.6 is 0 Å². The minimum Gasteiger partial charge on any atom is -0.454 e. The van der Waals surface area contributed by atoms with E-state index in [1.54, 1.807) is 19.2 Å². The standard InChI is InChI=1S/C26H24N2O4/c1-16-3-9-20(14-21(16)17-4-6-18(7-5-17)24(29)27-2)28-25(30)26(11-12-26)19-8-10-22-23(13-19)32-15-31-22/h3-10,13-14H,11-12,15H2,1-2H3,(H,27,29)(H,28,30). The molecule has 1 aliphatic carbocycles. The summed E-state index contributed by atoms with van der Waals surface area (Å²) in [5.41, 5.74) is 4.88. The smallest absolute Gasteiger partial charge is 0.251 e. The number of fused-ring (bicyclic) bond motifs is 1. The molecule has 0 saturated heterocycles. The topological polar surface area (TPSA) is 76.7 Å². The Bertz CT molecular complexity index is 1210. The molecule has 2 amide bonds. The number of aryl methyl sites for hydroxylation is 1. The van der Waals surface area contributed by atoms with Gasteiger partial charge in [0.1, 0.15) is 0 Å². The van der Waals surface area contributed by atoms with E-state index in [0.717, 1.165) is 46.5 Å². The lowest BCUT2D eigenvalue weighted by molar-refractivity contribution is -0.118. The minimum absolute atomic E-state index is 0.0128. The second kappa shape index (κ2) is 7.71. The highest BCUT2D eigenvalue weighted by atomic mass is 16.7. The Labute approximate surface area is 186 Å². The van der Waals surface area contributed by atoms with Crippen LogP contribution in [0.25, 0.3) is 11.1 Å². The summed E-state index contributed by atoms with van der Waals surface area (Å²) in [7, 11) is 1.61. The molecule has 2 aliphatic rings. The summed E-state index contributed by atoms with van der Waals surface area (Å²) in [5.74, 6) is 1.28. The van der Waals surface area contributed by atoms with Gasteiger partial charge in [0.25, 0.3) is 5.91 Å². The number of hydrogen-bond donors (Lipinski definition) is 2. The Morgan fingerprint density at radius 2 is 1.66 bits per heavy atom. The summed E-state index contributed by atoms with van der Waals surface area (Å²) >= 11 is 0. The zero-order valence-electron chi connectivity index (χ0n) is 18.0. The van der Waals surface area contributed by atoms with Gasteiger partial charge in [0, 0.05) is 18.3 Å². The normalized spacial score (nSPS) is 15.2. The number of rotatable bonds is 5. The zero-order valence-corrected chi connectivity index (χ0v) is 18.0. The maximum absolute atomic E-state index is 13.3. The molecule has 6 nitrogen and oxygen atoms in total. The number of nitrogens with one attached hydrogen (secondary N) is 2. The maximum Gasteiger partial charge on any atom is 0.251 e. The fourth-order valence-electron chi connectivity index (χ4n) is 4.17. The van der Waals surface area contributed by atoms with Gasteiger partial charge in [-0.2, -0.15) is 0 Å². The van der Waals surface area contributed by atoms with Gasteiger partial charge in [0.2, 0.25) is 12.7 Å². The maximum atomic E-state index is 13.3. The van der Waals surface area contributed by atoms with Crippen molar-refractivity contribution < 1.29 is 19.1 Å². The molecule has 5 rings (SSSR count). The SMILES string of the molecule is CNC(=O)c1ccc(-c2cc(NC(=O)C3(c4ccc5c(c4)OCO5)CC3)ccc2C)cc1. The van der Waals surface area contributed by atoms with E-state index >= 15 is 0 Å². The van der Waals surface area contributed by atoms with Crippen molar-refractivity contribution in [3.8, 4) is 22.6 Å². The molecule has 0 bridgehead atoms. The van der Waals surface area contributed by atoms with Crippen LogP contribution in [-0.4, -0.2) is 25.7 Å². The van der Waals surface area contributed by atoms with E-state index in [9.17, 15) is 9.59 Å². The van der Waals surface area contributed by atoms with E-state index in [1.165, 1.54) is 0 Å². The third-order valence-corrected chi connectivity index (χ3v) is 6.29. The second-order valence-corrected chi connectivity index (χ2v) is 8.29. The highest BCUT2D eigenvalue weighted by Gasteiger charge is 2.51. The van der Waals surface area contributed by atoms with Gasteiger partial charge in [-0.05, 0) is 78.4 Å². The van der Waals surface area contributed by atoms with Crippen LogP contribution in [0.3, 0.4) is 0 Å². The van der Waals surface area contributed by atoms with Crippen LogP contribution in [0.4, 0.5) is 5.69 Å². The number of carbonyl (C=O) groups is 2. The first kappa shape index (κ1) is 20.1. The molecule has 0 spiro atoms. The number of hydrogen-bond acceptors (Lipinski definition) is 4. The Kier molecular flexibility index (Phi) is 4.85. The molecule has 0 unspecified atom stereocenters. The van der Waals surface area contributed by atoms with Crippen LogP contribution in [-0.2, 0) is 10.2 Å². The summed E-state index contributed by atoms with van der Waals surface area (Å²) in [6.07, 6.45) is 1.61. The van der Waals surface area contributed by atoms with Crippen molar-refractivity contribution in [3.63, 3.8) is 0 Å². The van der Waals surface area contributed by atoms with Gasteiger partial charge in [-0.1, -0.05) is 24.3 Å². The Hall–Kier alpha value is -3.80. The highest BCUT2D eigenvalue weighted by molar-refractivity contribution is 6.02. The summed E-state index contributed by atoms with van der Waals surface area (Å²) in [6, 6.07) is 19.1. The van der Waals surface area contributed by atoms with Crippen LogP contribution in [0, 0.1) is 6.92 Å². The molecule has 3 aromatic rings. The molecule has 1 saturated carbocycles. The second-order valence-electron chi connectivity index (χ2n) is 8.29. The van der Waals surface area contributed by atoms with Crippen molar-refractivity contribution in [1.29, 1.82) is 0 Å². The first-order valence-electron chi connectivity index (χ1n) is 10.6. The van der Waals surface area contributed by atoms with Gasteiger partial charge in [-0.3, -0.25) is 9.59 Å². The quantitative estimate of drug-likeness (QED) is 0.631. The van der Waals surface area contributed by atoms with E-state index < -0.39 is 5.41 Å². The van der Waals surface area contributed by atoms with Crippen molar-refractivity contribution in [2.45, 2.75) is 25.2 Å². The fraction of sp³-hybridized carbons (Fsp3) is 0.231. The Morgan fingerprint density at radius 1 is 0.906 bits per heavy atom. The molecular formula is C26H24N2O4. The van der Waals surface area contributed by atoms with Crippen LogP contribution < -0.4 is 20.1 Å². The zero-order chi connectivity index (χ0) is 22.3. The molecule has 2 N–H and O–H groups in total. The van der Waals surface area contributed by atoms with E-state index in [-0.39, 0.29) is 18.6 Å². The highest BCUT2D eigenvalue weighted by Crippen LogP contribution is 2.51. The molecular weight excluding hydrogens is 404 g/mol. The molecule has 0 radical (unpaired) electrons. The van der Waals surface area contributed by atoms with E-state index in [2.05, 4.69) is 10.6 Å². The third-order valence-electron chi connectivity index (χ3n) is 6.29. The lowest BCUT2D eigenvalue weighted by Crippen LogP contribution is -2.27. The number of benzene rings is 3. The molecule has 0 atom stereocenters. The number of anilines is 1. The van der Waals surface area contributed by atoms with E-state index in [0.29, 0.717) is 11.3 Å². The Balaban J connectivity index is 1.38. The number of ether oxygens (including phenoxy) is 2. The number of carbonyl (C=O) groups excluding carboxylic acids is 2. The van der Waals surface area contributed by atoms with Gasteiger partial charge in [-0.25, -0.2) is 0 Å². The van der Waals surface area contributed by atoms with E-state index in [1.807, 2.05) is 55.5 Å². The van der Waals surface area contributed by atoms with Gasteiger partial charge >= 0.3 is 0 Å². The molecule has 3 aromatic carbocycles. The predicted molar refractivity (Wildman–Crippen MR) is 122 cm³/mol. The van der Waals surface area contributed by atoms with E-state index in [4.69, 9.17) is 9.47 Å². The summed E-state index contributed by atoms with van der Waals surface area (Å²) in [6.45, 7) is 2.25. The van der Waals surface area contributed by atoms with Crippen molar-refractivity contribution in [2.24, 2.45) is 0 Å². The first-order chi connectivity index (χ1) is 15.5. The van der Waals surface area contributed by atoms with Gasteiger partial charge < -0.3 is 20.1 Å². The fourth-order valence-corrected chi connectivity index (χ4v) is 4.17. The van der Waals surface area contributed by atoms with Crippen molar-refractivity contribution in [2.75, 3.05) is 19.2 Å². The Morgan fingerprint density at radius 3 is 2.38 bits per heavy atom. The summed E-state index contributed by atoms with van der Waals surface area (Å²) in [4.78, 5) is 25.1. The van der Waals surface area contributed by atoms with Crippen LogP contribution in [0.2, 0.25) is 0 Å². The monoisotopic (exact) mass is 428 g/mol. The van der Waals surface area contributed by atoms with Crippen LogP contribution in [0.15, 0.2) is 60.7 Å². The molecule has 32 heavy (non-hydrogen) atoms. The van der Waals surface area contributed by atoms with Crippen molar-refractivity contribution >= 4 is 17.5 Å². The van der Waals surface area contributed by atoms with Gasteiger partial charge in [0.05, 0.1) is 5.41 Å². The van der Waals surface area contributed by atoms with Gasteiger partial charge in [-0.15, -0.1) is 0 Å². The first-order valence-corrected chi connectivity index (χ1v) is 10.6. The largest absolute Gasteiger partial charge is 0.454 e. The minimum atomic E-state index is -0.527. The molecule has 6 heteroatoms. The molecule has 1 fully saturated rings.